The number of fused-ring (bicyclic) bond motifs is 2. The second-order valence-corrected chi connectivity index (χ2v) is 6.93. The molecule has 0 atom stereocenters. The van der Waals surface area contributed by atoms with Crippen LogP contribution in [0.25, 0.3) is 22.1 Å². The summed E-state index contributed by atoms with van der Waals surface area (Å²) >= 11 is 0. The monoisotopic (exact) mass is 382 g/mol. The first-order valence-electron chi connectivity index (χ1n) is 9.27. The average Bonchev–Trinajstić information content (AvgIpc) is 3.21. The minimum absolute atomic E-state index is 0.0542. The number of aromatic amines is 1. The van der Waals surface area contributed by atoms with Gasteiger partial charge in [-0.1, -0.05) is 30.3 Å². The molecule has 0 aliphatic carbocycles. The quantitative estimate of drug-likeness (QED) is 0.496. The second kappa shape index (κ2) is 6.87. The fourth-order valence-electron chi connectivity index (χ4n) is 3.45. The van der Waals surface area contributed by atoms with Crippen molar-refractivity contribution in [3.8, 4) is 0 Å². The molecule has 5 aromatic rings. The third-order valence-corrected chi connectivity index (χ3v) is 4.92. The van der Waals surface area contributed by atoms with Gasteiger partial charge >= 0.3 is 0 Å². The van der Waals surface area contributed by atoms with E-state index in [1.807, 2.05) is 54.7 Å². The van der Waals surface area contributed by atoms with Crippen LogP contribution in [0.4, 0.5) is 11.6 Å². The van der Waals surface area contributed by atoms with Crippen molar-refractivity contribution in [2.45, 2.75) is 6.42 Å². The Hall–Kier alpha value is -4.00. The SMILES string of the molecule is Cn1c(=O)c(Cc2ccccc2)cc2cnc(Nc3cnc4[nH]ccc4c3)nc21. The van der Waals surface area contributed by atoms with Gasteiger partial charge in [-0.05, 0) is 23.8 Å². The summed E-state index contributed by atoms with van der Waals surface area (Å²) in [5, 5.41) is 4.98. The Morgan fingerprint density at radius 1 is 1.03 bits per heavy atom. The molecule has 2 N–H and O–H groups in total. The summed E-state index contributed by atoms with van der Waals surface area (Å²) in [6, 6.07) is 15.7. The maximum Gasteiger partial charge on any atom is 0.255 e. The van der Waals surface area contributed by atoms with E-state index in [2.05, 4.69) is 25.3 Å². The number of benzene rings is 1. The van der Waals surface area contributed by atoms with Gasteiger partial charge in [0.15, 0.2) is 0 Å². The van der Waals surface area contributed by atoms with Gasteiger partial charge in [0.2, 0.25) is 5.95 Å². The van der Waals surface area contributed by atoms with E-state index in [4.69, 9.17) is 0 Å². The van der Waals surface area contributed by atoms with E-state index in [1.54, 1.807) is 24.0 Å². The van der Waals surface area contributed by atoms with Crippen LogP contribution >= 0.6 is 0 Å². The van der Waals surface area contributed by atoms with Crippen LogP contribution in [-0.2, 0) is 13.5 Å². The van der Waals surface area contributed by atoms with Crippen molar-refractivity contribution in [3.05, 3.63) is 88.6 Å². The Balaban J connectivity index is 1.50. The van der Waals surface area contributed by atoms with Crippen molar-refractivity contribution in [2.75, 3.05) is 5.32 Å². The molecule has 5 rings (SSSR count). The Kier molecular flexibility index (Phi) is 4.05. The van der Waals surface area contributed by atoms with Crippen LogP contribution in [0.2, 0.25) is 0 Å². The van der Waals surface area contributed by atoms with Gasteiger partial charge in [0, 0.05) is 42.2 Å². The summed E-state index contributed by atoms with van der Waals surface area (Å²) in [6.07, 6.45) is 5.87. The Bertz CT molecular complexity index is 1390. The van der Waals surface area contributed by atoms with Crippen molar-refractivity contribution in [1.82, 2.24) is 24.5 Å². The summed E-state index contributed by atoms with van der Waals surface area (Å²) in [5.74, 6) is 0.417. The molecule has 0 fully saturated rings. The minimum atomic E-state index is -0.0542. The first kappa shape index (κ1) is 17.1. The van der Waals surface area contributed by atoms with Crippen LogP contribution in [0.1, 0.15) is 11.1 Å². The standard InChI is InChI=1S/C22H18N6O/c1-28-20-17(10-16(21(28)29)9-14-5-3-2-4-6-14)12-25-22(27-20)26-18-11-15-7-8-23-19(15)24-13-18/h2-8,10-13H,9H2,1H3,(H,23,24)(H,25,26,27). The number of hydrogen-bond donors (Lipinski definition) is 2. The van der Waals surface area contributed by atoms with Gasteiger partial charge in [0.05, 0.1) is 11.9 Å². The fourth-order valence-corrected chi connectivity index (χ4v) is 3.45. The highest BCUT2D eigenvalue weighted by Gasteiger charge is 2.11. The van der Waals surface area contributed by atoms with E-state index >= 15 is 0 Å². The van der Waals surface area contributed by atoms with Crippen molar-refractivity contribution in [2.24, 2.45) is 7.05 Å². The number of rotatable bonds is 4. The van der Waals surface area contributed by atoms with E-state index in [0.29, 0.717) is 18.0 Å². The lowest BCUT2D eigenvalue weighted by atomic mass is 10.1. The lowest BCUT2D eigenvalue weighted by Crippen LogP contribution is -2.22. The maximum absolute atomic E-state index is 12.8. The number of H-pyrrole nitrogens is 1. The normalized spacial score (nSPS) is 11.2. The van der Waals surface area contributed by atoms with Crippen molar-refractivity contribution in [1.29, 1.82) is 0 Å². The smallest absolute Gasteiger partial charge is 0.255 e. The molecule has 0 amide bonds. The van der Waals surface area contributed by atoms with Gasteiger partial charge in [-0.2, -0.15) is 4.98 Å². The molecule has 29 heavy (non-hydrogen) atoms. The average molecular weight is 382 g/mol. The first-order valence-corrected chi connectivity index (χ1v) is 9.27. The predicted molar refractivity (Wildman–Crippen MR) is 113 cm³/mol. The molecule has 0 bridgehead atoms. The molecule has 0 radical (unpaired) electrons. The lowest BCUT2D eigenvalue weighted by molar-refractivity contribution is 0.863. The Morgan fingerprint density at radius 3 is 2.76 bits per heavy atom. The first-order chi connectivity index (χ1) is 14.2. The number of aromatic nitrogens is 5. The molecule has 0 saturated heterocycles. The molecule has 0 unspecified atom stereocenters. The Morgan fingerprint density at radius 2 is 1.90 bits per heavy atom. The summed E-state index contributed by atoms with van der Waals surface area (Å²) in [7, 11) is 1.74. The van der Waals surface area contributed by atoms with Crippen LogP contribution in [-0.4, -0.2) is 24.5 Å². The highest BCUT2D eigenvalue weighted by Crippen LogP contribution is 2.19. The number of anilines is 2. The van der Waals surface area contributed by atoms with Crippen LogP contribution in [0, 0.1) is 0 Å². The van der Waals surface area contributed by atoms with Crippen LogP contribution in [0.15, 0.2) is 71.9 Å². The van der Waals surface area contributed by atoms with Crippen LogP contribution in [0.5, 0.6) is 0 Å². The highest BCUT2D eigenvalue weighted by atomic mass is 16.1. The second-order valence-electron chi connectivity index (χ2n) is 6.93. The number of hydrogen-bond acceptors (Lipinski definition) is 5. The maximum atomic E-state index is 12.8. The summed E-state index contributed by atoms with van der Waals surface area (Å²) in [5.41, 5.74) is 3.94. The van der Waals surface area contributed by atoms with Crippen LogP contribution in [0.3, 0.4) is 0 Å². The predicted octanol–water partition coefficient (Wildman–Crippen LogP) is 3.54. The van der Waals surface area contributed by atoms with E-state index in [-0.39, 0.29) is 5.56 Å². The van der Waals surface area contributed by atoms with Gasteiger partial charge in [-0.15, -0.1) is 0 Å². The van der Waals surface area contributed by atoms with Gasteiger partial charge in [0.1, 0.15) is 11.3 Å². The molecule has 142 valence electrons. The molecule has 0 saturated carbocycles. The van der Waals surface area contributed by atoms with Gasteiger partial charge < -0.3 is 10.3 Å². The molecule has 1 aromatic carbocycles. The molecule has 7 nitrogen and oxygen atoms in total. The molecule has 4 heterocycles. The largest absolute Gasteiger partial charge is 0.346 e. The van der Waals surface area contributed by atoms with Gasteiger partial charge in [0.25, 0.3) is 5.56 Å². The number of pyridine rings is 2. The molecule has 0 spiro atoms. The van der Waals surface area contributed by atoms with E-state index in [0.717, 1.165) is 33.2 Å². The number of aryl methyl sites for hydroxylation is 1. The number of nitrogens with zero attached hydrogens (tertiary/aromatic N) is 4. The summed E-state index contributed by atoms with van der Waals surface area (Å²) in [4.78, 5) is 29.2. The molecular formula is C22H18N6O. The minimum Gasteiger partial charge on any atom is -0.346 e. The Labute approximate surface area is 166 Å². The third-order valence-electron chi connectivity index (χ3n) is 4.92. The lowest BCUT2D eigenvalue weighted by Gasteiger charge is -2.10. The zero-order chi connectivity index (χ0) is 19.8. The molecule has 0 aliphatic rings. The topological polar surface area (TPSA) is 88.5 Å². The zero-order valence-electron chi connectivity index (χ0n) is 15.8. The van der Waals surface area contributed by atoms with Crippen molar-refractivity contribution < 1.29 is 0 Å². The van der Waals surface area contributed by atoms with E-state index in [9.17, 15) is 4.79 Å². The zero-order valence-corrected chi connectivity index (χ0v) is 15.8. The summed E-state index contributed by atoms with van der Waals surface area (Å²) in [6.45, 7) is 0. The van der Waals surface area contributed by atoms with Crippen molar-refractivity contribution >= 4 is 33.7 Å². The van der Waals surface area contributed by atoms with Crippen LogP contribution < -0.4 is 10.9 Å². The van der Waals surface area contributed by atoms with Gasteiger partial charge in [-0.3, -0.25) is 9.36 Å². The molecule has 0 aliphatic heterocycles. The summed E-state index contributed by atoms with van der Waals surface area (Å²) < 4.78 is 1.58. The highest BCUT2D eigenvalue weighted by molar-refractivity contribution is 5.80. The van der Waals surface area contributed by atoms with Gasteiger partial charge in [-0.25, -0.2) is 9.97 Å². The van der Waals surface area contributed by atoms with Crippen molar-refractivity contribution in [3.63, 3.8) is 0 Å². The van der Waals surface area contributed by atoms with E-state index < -0.39 is 0 Å². The molecule has 4 aromatic heterocycles. The third kappa shape index (κ3) is 3.23. The molecule has 7 heteroatoms. The number of nitrogens with one attached hydrogen (secondary N) is 2. The van der Waals surface area contributed by atoms with E-state index in [1.165, 1.54) is 0 Å². The fraction of sp³-hybridized carbons (Fsp3) is 0.0909. The molecular weight excluding hydrogens is 364 g/mol.